The van der Waals surface area contributed by atoms with Gasteiger partial charge in [0, 0.05) is 10.1 Å². The average molecular weight is 218 g/mol. The minimum atomic E-state index is -1.05. The van der Waals surface area contributed by atoms with Crippen molar-refractivity contribution >= 4 is 32.4 Å². The molecule has 0 aliphatic heterocycles. The fourth-order valence-corrected chi connectivity index (χ4v) is 2.40. The van der Waals surface area contributed by atoms with Crippen LogP contribution in [-0.2, 0) is 0 Å². The second-order valence-corrected chi connectivity index (χ2v) is 4.02. The van der Waals surface area contributed by atoms with Gasteiger partial charge in [0.25, 0.3) is 0 Å². The van der Waals surface area contributed by atoms with Gasteiger partial charge in [-0.25, -0.2) is 4.79 Å². The number of nitriles is 1. The maximum atomic E-state index is 10.9. The first kappa shape index (κ1) is 9.49. The number of nitrogens with two attached hydrogens (primary N) is 1. The normalized spacial score (nSPS) is 10.1. The topological polar surface area (TPSA) is 87.1 Å². The van der Waals surface area contributed by atoms with E-state index in [0.717, 1.165) is 4.70 Å². The number of carbonyl (C=O) groups is 1. The van der Waals surface area contributed by atoms with Crippen molar-refractivity contribution in [3.05, 3.63) is 29.3 Å². The maximum absolute atomic E-state index is 10.9. The molecule has 0 radical (unpaired) electrons. The summed E-state index contributed by atoms with van der Waals surface area (Å²) in [4.78, 5) is 10.9. The molecule has 4 nitrogen and oxygen atoms in total. The Morgan fingerprint density at radius 1 is 1.53 bits per heavy atom. The van der Waals surface area contributed by atoms with Gasteiger partial charge in [-0.2, -0.15) is 5.26 Å². The van der Waals surface area contributed by atoms with E-state index < -0.39 is 5.97 Å². The Hall–Kier alpha value is -2.06. The van der Waals surface area contributed by atoms with Crippen LogP contribution in [0.1, 0.15) is 15.9 Å². The highest BCUT2D eigenvalue weighted by molar-refractivity contribution is 7.23. The lowest BCUT2D eigenvalue weighted by Crippen LogP contribution is -1.97. The monoisotopic (exact) mass is 218 g/mol. The van der Waals surface area contributed by atoms with Gasteiger partial charge in [0.1, 0.15) is 11.1 Å². The van der Waals surface area contributed by atoms with Crippen LogP contribution in [0.4, 0.5) is 5.00 Å². The Balaban J connectivity index is 2.96. The van der Waals surface area contributed by atoms with Crippen LogP contribution in [0.25, 0.3) is 10.1 Å². The summed E-state index contributed by atoms with van der Waals surface area (Å²) in [6.45, 7) is 0. The van der Waals surface area contributed by atoms with Crippen molar-refractivity contribution in [2.45, 2.75) is 0 Å². The summed E-state index contributed by atoms with van der Waals surface area (Å²) < 4.78 is 0.726. The molecule has 2 aromatic rings. The predicted octanol–water partition coefficient (Wildman–Crippen LogP) is 2.05. The Morgan fingerprint density at radius 2 is 2.27 bits per heavy atom. The van der Waals surface area contributed by atoms with Crippen LogP contribution in [0.3, 0.4) is 0 Å². The number of aromatic carboxylic acids is 1. The van der Waals surface area contributed by atoms with E-state index in [1.54, 1.807) is 12.1 Å². The van der Waals surface area contributed by atoms with Gasteiger partial charge in [-0.05, 0) is 12.1 Å². The molecule has 1 aromatic carbocycles. The standard InChI is InChI=1S/C10H6N2O2S/c11-4-6-8-5(10(13)14)2-1-3-7(8)15-9(6)12/h1-3H,12H2,(H,13,14). The zero-order chi connectivity index (χ0) is 11.0. The molecule has 0 fully saturated rings. The Morgan fingerprint density at radius 3 is 2.87 bits per heavy atom. The molecule has 2 rings (SSSR count). The van der Waals surface area contributed by atoms with Crippen molar-refractivity contribution in [1.29, 1.82) is 5.26 Å². The number of hydrogen-bond donors (Lipinski definition) is 2. The van der Waals surface area contributed by atoms with E-state index in [9.17, 15) is 4.79 Å². The minimum Gasteiger partial charge on any atom is -0.478 e. The first-order valence-electron chi connectivity index (χ1n) is 4.09. The van der Waals surface area contributed by atoms with Crippen LogP contribution in [0.5, 0.6) is 0 Å². The van der Waals surface area contributed by atoms with Crippen LogP contribution in [0, 0.1) is 11.3 Å². The second kappa shape index (κ2) is 3.26. The number of rotatable bonds is 1. The lowest BCUT2D eigenvalue weighted by atomic mass is 10.1. The molecule has 0 atom stereocenters. The molecule has 0 aliphatic rings. The number of thiophene rings is 1. The van der Waals surface area contributed by atoms with E-state index in [2.05, 4.69) is 0 Å². The zero-order valence-electron chi connectivity index (χ0n) is 7.52. The molecule has 0 aliphatic carbocycles. The first-order valence-corrected chi connectivity index (χ1v) is 4.91. The highest BCUT2D eigenvalue weighted by Crippen LogP contribution is 2.34. The molecule has 15 heavy (non-hydrogen) atoms. The average Bonchev–Trinajstić information content (AvgIpc) is 2.52. The van der Waals surface area contributed by atoms with E-state index in [1.165, 1.54) is 17.4 Å². The molecule has 3 N–H and O–H groups in total. The van der Waals surface area contributed by atoms with E-state index in [0.29, 0.717) is 10.4 Å². The van der Waals surface area contributed by atoms with Gasteiger partial charge in [0.15, 0.2) is 0 Å². The summed E-state index contributed by atoms with van der Waals surface area (Å²) in [7, 11) is 0. The van der Waals surface area contributed by atoms with Crippen molar-refractivity contribution in [2.24, 2.45) is 0 Å². The van der Waals surface area contributed by atoms with Gasteiger partial charge in [-0.15, -0.1) is 11.3 Å². The van der Waals surface area contributed by atoms with E-state index >= 15 is 0 Å². The number of nitrogens with zero attached hydrogens (tertiary/aromatic N) is 1. The molecule has 0 bridgehead atoms. The number of benzene rings is 1. The summed E-state index contributed by atoms with van der Waals surface area (Å²) in [6, 6.07) is 6.80. The molecule has 1 aromatic heterocycles. The van der Waals surface area contributed by atoms with Crippen molar-refractivity contribution in [2.75, 3.05) is 5.73 Å². The number of nitrogen functional groups attached to an aromatic ring is 1. The first-order chi connectivity index (χ1) is 7.15. The van der Waals surface area contributed by atoms with E-state index in [-0.39, 0.29) is 11.1 Å². The molecule has 1 heterocycles. The summed E-state index contributed by atoms with van der Waals surface area (Å²) in [5, 5.41) is 18.7. The predicted molar refractivity (Wildman–Crippen MR) is 57.9 cm³/mol. The van der Waals surface area contributed by atoms with Crippen molar-refractivity contribution in [3.63, 3.8) is 0 Å². The maximum Gasteiger partial charge on any atom is 0.336 e. The van der Waals surface area contributed by atoms with Gasteiger partial charge in [-0.3, -0.25) is 0 Å². The van der Waals surface area contributed by atoms with Gasteiger partial charge in [0.05, 0.1) is 11.1 Å². The number of hydrogen-bond acceptors (Lipinski definition) is 4. The highest BCUT2D eigenvalue weighted by Gasteiger charge is 2.16. The molecule has 74 valence electrons. The number of anilines is 1. The van der Waals surface area contributed by atoms with Gasteiger partial charge < -0.3 is 10.8 Å². The van der Waals surface area contributed by atoms with Gasteiger partial charge in [-0.1, -0.05) is 6.07 Å². The van der Waals surface area contributed by atoms with Gasteiger partial charge >= 0.3 is 5.97 Å². The van der Waals surface area contributed by atoms with Crippen LogP contribution < -0.4 is 5.73 Å². The molecule has 0 saturated heterocycles. The highest BCUT2D eigenvalue weighted by atomic mass is 32.1. The third-order valence-corrected chi connectivity index (χ3v) is 3.07. The smallest absolute Gasteiger partial charge is 0.336 e. The summed E-state index contributed by atoms with van der Waals surface area (Å²) >= 11 is 1.23. The molecule has 0 amide bonds. The second-order valence-electron chi connectivity index (χ2n) is 2.94. The summed E-state index contributed by atoms with van der Waals surface area (Å²) in [5.74, 6) is -1.05. The van der Waals surface area contributed by atoms with Crippen LogP contribution in [0.2, 0.25) is 0 Å². The summed E-state index contributed by atoms with van der Waals surface area (Å²) in [5.41, 5.74) is 6.02. The number of fused-ring (bicyclic) bond motifs is 1. The Bertz CT molecular complexity index is 595. The van der Waals surface area contributed by atoms with Crippen molar-refractivity contribution in [1.82, 2.24) is 0 Å². The molecular formula is C10H6N2O2S. The largest absolute Gasteiger partial charge is 0.478 e. The zero-order valence-corrected chi connectivity index (χ0v) is 8.34. The van der Waals surface area contributed by atoms with Gasteiger partial charge in [0.2, 0.25) is 0 Å². The molecule has 0 saturated carbocycles. The molecule has 0 spiro atoms. The van der Waals surface area contributed by atoms with E-state index in [1.807, 2.05) is 6.07 Å². The number of carboxylic acid groups (broad SMARTS) is 1. The third kappa shape index (κ3) is 1.32. The van der Waals surface area contributed by atoms with Crippen molar-refractivity contribution in [3.8, 4) is 6.07 Å². The fourth-order valence-electron chi connectivity index (χ4n) is 1.46. The van der Waals surface area contributed by atoms with Crippen molar-refractivity contribution < 1.29 is 9.90 Å². The molecule has 5 heteroatoms. The van der Waals surface area contributed by atoms with E-state index in [4.69, 9.17) is 16.1 Å². The Kier molecular flexibility index (Phi) is 2.06. The summed E-state index contributed by atoms with van der Waals surface area (Å²) in [6.07, 6.45) is 0. The molecule has 0 unspecified atom stereocenters. The molecular weight excluding hydrogens is 212 g/mol. The SMILES string of the molecule is N#Cc1c(N)sc2cccc(C(=O)O)c12. The van der Waals surface area contributed by atoms with Crippen LogP contribution in [-0.4, -0.2) is 11.1 Å². The minimum absolute atomic E-state index is 0.122. The Labute approximate surface area is 89.2 Å². The fraction of sp³-hybridized carbons (Fsp3) is 0. The third-order valence-electron chi connectivity index (χ3n) is 2.08. The van der Waals surface area contributed by atoms with Crippen LogP contribution >= 0.6 is 11.3 Å². The quantitative estimate of drug-likeness (QED) is 0.766. The van der Waals surface area contributed by atoms with Crippen LogP contribution in [0.15, 0.2) is 18.2 Å². The lowest BCUT2D eigenvalue weighted by molar-refractivity contribution is 0.0699. The lowest BCUT2D eigenvalue weighted by Gasteiger charge is -1.96. The number of carboxylic acids is 1.